The molecule has 0 saturated carbocycles. The number of carbonyl (C=O) groups is 1. The lowest BCUT2D eigenvalue weighted by Gasteiger charge is -2.03. The SMILES string of the molecule is CCc1nc(CCNC(=O)NCC#Cc2ccccc2)cs1. The van der Waals surface area contributed by atoms with E-state index in [0.717, 1.165) is 29.1 Å². The van der Waals surface area contributed by atoms with E-state index in [-0.39, 0.29) is 6.03 Å². The smallest absolute Gasteiger partial charge is 0.315 e. The summed E-state index contributed by atoms with van der Waals surface area (Å²) in [7, 11) is 0. The zero-order valence-corrected chi connectivity index (χ0v) is 13.4. The van der Waals surface area contributed by atoms with Crippen molar-refractivity contribution in [3.05, 3.63) is 52.0 Å². The Morgan fingerprint density at radius 3 is 2.82 bits per heavy atom. The van der Waals surface area contributed by atoms with E-state index in [0.29, 0.717) is 13.1 Å². The Balaban J connectivity index is 1.63. The van der Waals surface area contributed by atoms with Crippen molar-refractivity contribution in [1.82, 2.24) is 15.6 Å². The van der Waals surface area contributed by atoms with Crippen LogP contribution in [0, 0.1) is 11.8 Å². The maximum Gasteiger partial charge on any atom is 0.315 e. The molecule has 22 heavy (non-hydrogen) atoms. The standard InChI is InChI=1S/C17H19N3OS/c1-2-16-20-15(13-22-16)10-12-19-17(21)18-11-6-9-14-7-4-3-5-8-14/h3-5,7-8,13H,2,10-12H2,1H3,(H2,18,19,21). The van der Waals surface area contributed by atoms with Gasteiger partial charge in [-0.1, -0.05) is 37.0 Å². The van der Waals surface area contributed by atoms with Crippen LogP contribution in [0.15, 0.2) is 35.7 Å². The Kier molecular flexibility index (Phi) is 6.46. The van der Waals surface area contributed by atoms with Crippen molar-refractivity contribution in [3.63, 3.8) is 0 Å². The summed E-state index contributed by atoms with van der Waals surface area (Å²) in [5, 5.41) is 8.70. The molecule has 0 aliphatic heterocycles. The van der Waals surface area contributed by atoms with Gasteiger partial charge in [-0.3, -0.25) is 0 Å². The third kappa shape index (κ3) is 5.58. The molecule has 0 aliphatic rings. The highest BCUT2D eigenvalue weighted by molar-refractivity contribution is 7.09. The van der Waals surface area contributed by atoms with Gasteiger partial charge in [0.05, 0.1) is 17.2 Å². The number of nitrogens with zero attached hydrogens (tertiary/aromatic N) is 1. The van der Waals surface area contributed by atoms with Crippen LogP contribution in [-0.2, 0) is 12.8 Å². The number of aryl methyl sites for hydroxylation is 1. The molecule has 114 valence electrons. The molecule has 0 aliphatic carbocycles. The lowest BCUT2D eigenvalue weighted by Crippen LogP contribution is -2.36. The number of carbonyl (C=O) groups excluding carboxylic acids is 1. The van der Waals surface area contributed by atoms with Gasteiger partial charge < -0.3 is 10.6 Å². The molecular formula is C17H19N3OS. The number of thiazole rings is 1. The van der Waals surface area contributed by atoms with E-state index >= 15 is 0 Å². The predicted molar refractivity (Wildman–Crippen MR) is 89.9 cm³/mol. The normalized spacial score (nSPS) is 9.68. The van der Waals surface area contributed by atoms with Crippen molar-refractivity contribution >= 4 is 17.4 Å². The van der Waals surface area contributed by atoms with Crippen LogP contribution in [0.4, 0.5) is 4.79 Å². The quantitative estimate of drug-likeness (QED) is 0.834. The van der Waals surface area contributed by atoms with Gasteiger partial charge in [0, 0.05) is 23.9 Å². The molecular weight excluding hydrogens is 294 g/mol. The second kappa shape index (κ2) is 8.85. The van der Waals surface area contributed by atoms with Gasteiger partial charge in [-0.15, -0.1) is 11.3 Å². The van der Waals surface area contributed by atoms with Crippen molar-refractivity contribution in [3.8, 4) is 11.8 Å². The molecule has 0 bridgehead atoms. The molecule has 0 unspecified atom stereocenters. The van der Waals surface area contributed by atoms with Gasteiger partial charge in [-0.05, 0) is 18.6 Å². The fraction of sp³-hybridized carbons (Fsp3) is 0.294. The Labute approximate surface area is 135 Å². The summed E-state index contributed by atoms with van der Waals surface area (Å²) in [5.74, 6) is 5.91. The third-order valence-electron chi connectivity index (χ3n) is 2.91. The lowest BCUT2D eigenvalue weighted by atomic mass is 10.2. The average Bonchev–Trinajstić information content (AvgIpc) is 3.01. The second-order valence-corrected chi connectivity index (χ2v) is 5.56. The van der Waals surface area contributed by atoms with Gasteiger partial charge in [0.25, 0.3) is 0 Å². The number of aromatic nitrogens is 1. The van der Waals surface area contributed by atoms with E-state index in [4.69, 9.17) is 0 Å². The maximum atomic E-state index is 11.6. The Bertz CT molecular complexity index is 655. The molecule has 4 nitrogen and oxygen atoms in total. The summed E-state index contributed by atoms with van der Waals surface area (Å²) in [6.45, 7) is 2.99. The fourth-order valence-corrected chi connectivity index (χ4v) is 2.56. The number of hydrogen-bond acceptors (Lipinski definition) is 3. The van der Waals surface area contributed by atoms with Crippen LogP contribution in [0.5, 0.6) is 0 Å². The highest BCUT2D eigenvalue weighted by atomic mass is 32.1. The van der Waals surface area contributed by atoms with E-state index in [1.807, 2.05) is 35.7 Å². The van der Waals surface area contributed by atoms with Gasteiger partial charge in [0.1, 0.15) is 0 Å². The number of rotatable bonds is 5. The predicted octanol–water partition coefficient (Wildman–Crippen LogP) is 2.60. The first kappa shape index (κ1) is 16.1. The first-order chi connectivity index (χ1) is 10.8. The highest BCUT2D eigenvalue weighted by Gasteiger charge is 2.01. The topological polar surface area (TPSA) is 54.0 Å². The Morgan fingerprint density at radius 2 is 2.09 bits per heavy atom. The molecule has 0 fully saturated rings. The summed E-state index contributed by atoms with van der Waals surface area (Å²) in [6.07, 6.45) is 1.71. The van der Waals surface area contributed by atoms with Crippen molar-refractivity contribution < 1.29 is 4.79 Å². The molecule has 0 atom stereocenters. The van der Waals surface area contributed by atoms with E-state index < -0.39 is 0 Å². The average molecular weight is 313 g/mol. The monoisotopic (exact) mass is 313 g/mol. The second-order valence-electron chi connectivity index (χ2n) is 4.61. The van der Waals surface area contributed by atoms with Crippen LogP contribution in [0.2, 0.25) is 0 Å². The molecule has 0 saturated heterocycles. The number of hydrogen-bond donors (Lipinski definition) is 2. The first-order valence-corrected chi connectivity index (χ1v) is 8.15. The van der Waals surface area contributed by atoms with Crippen LogP contribution in [0.25, 0.3) is 0 Å². The third-order valence-corrected chi connectivity index (χ3v) is 3.95. The molecule has 0 radical (unpaired) electrons. The fourth-order valence-electron chi connectivity index (χ4n) is 1.78. The molecule has 2 N–H and O–H groups in total. The maximum absolute atomic E-state index is 11.6. The molecule has 2 aromatic rings. The summed E-state index contributed by atoms with van der Waals surface area (Å²) in [5.41, 5.74) is 1.98. The van der Waals surface area contributed by atoms with E-state index in [9.17, 15) is 4.79 Å². The van der Waals surface area contributed by atoms with Crippen LogP contribution in [-0.4, -0.2) is 24.1 Å². The van der Waals surface area contributed by atoms with Crippen molar-refractivity contribution in [2.75, 3.05) is 13.1 Å². The molecule has 2 rings (SSSR count). The molecule has 0 spiro atoms. The summed E-state index contributed by atoms with van der Waals surface area (Å²) in [6, 6.07) is 9.49. The number of amides is 2. The number of nitrogens with one attached hydrogen (secondary N) is 2. The molecule has 5 heteroatoms. The summed E-state index contributed by atoms with van der Waals surface area (Å²) in [4.78, 5) is 16.1. The van der Waals surface area contributed by atoms with Gasteiger partial charge in [-0.2, -0.15) is 0 Å². The largest absolute Gasteiger partial charge is 0.338 e. The minimum atomic E-state index is -0.201. The van der Waals surface area contributed by atoms with E-state index in [1.165, 1.54) is 0 Å². The zero-order valence-electron chi connectivity index (χ0n) is 12.6. The van der Waals surface area contributed by atoms with E-state index in [2.05, 4.69) is 34.4 Å². The number of benzene rings is 1. The minimum absolute atomic E-state index is 0.201. The summed E-state index contributed by atoms with van der Waals surface area (Å²) < 4.78 is 0. The van der Waals surface area contributed by atoms with Crippen LogP contribution in [0.1, 0.15) is 23.2 Å². The van der Waals surface area contributed by atoms with Gasteiger partial charge in [0.15, 0.2) is 0 Å². The van der Waals surface area contributed by atoms with Gasteiger partial charge in [-0.25, -0.2) is 9.78 Å². The van der Waals surface area contributed by atoms with Crippen LogP contribution in [0.3, 0.4) is 0 Å². The van der Waals surface area contributed by atoms with Crippen molar-refractivity contribution in [2.45, 2.75) is 19.8 Å². The summed E-state index contributed by atoms with van der Waals surface area (Å²) >= 11 is 1.67. The Hall–Kier alpha value is -2.32. The molecule has 1 aromatic heterocycles. The molecule has 1 aromatic carbocycles. The first-order valence-electron chi connectivity index (χ1n) is 7.27. The molecule has 2 amide bonds. The number of urea groups is 1. The van der Waals surface area contributed by atoms with Crippen molar-refractivity contribution in [2.24, 2.45) is 0 Å². The van der Waals surface area contributed by atoms with Gasteiger partial charge in [0.2, 0.25) is 0 Å². The van der Waals surface area contributed by atoms with Gasteiger partial charge >= 0.3 is 6.03 Å². The van der Waals surface area contributed by atoms with Crippen LogP contribution >= 0.6 is 11.3 Å². The Morgan fingerprint density at radius 1 is 1.27 bits per heavy atom. The van der Waals surface area contributed by atoms with E-state index in [1.54, 1.807) is 11.3 Å². The highest BCUT2D eigenvalue weighted by Crippen LogP contribution is 2.10. The molecule has 1 heterocycles. The minimum Gasteiger partial charge on any atom is -0.338 e. The van der Waals surface area contributed by atoms with Crippen LogP contribution < -0.4 is 10.6 Å². The van der Waals surface area contributed by atoms with Crippen molar-refractivity contribution in [1.29, 1.82) is 0 Å². The zero-order chi connectivity index (χ0) is 15.6. The lowest BCUT2D eigenvalue weighted by molar-refractivity contribution is 0.242.